The van der Waals surface area contributed by atoms with E-state index in [1.165, 1.54) is 31.3 Å². The minimum Gasteiger partial charge on any atom is -0.478 e. The van der Waals surface area contributed by atoms with E-state index in [0.717, 1.165) is 17.8 Å². The SMILES string of the molecule is CN=C(/C=C\C=N)C(=O)Nc1cc(CCCc2ccc(C(=O)O)c(C)c2)c(F)cc1C(=O)O. The van der Waals surface area contributed by atoms with Crippen LogP contribution in [-0.2, 0) is 17.6 Å². The molecule has 2 aromatic rings. The van der Waals surface area contributed by atoms with Crippen LogP contribution in [0, 0.1) is 18.2 Å². The standard InChI is InChI=1S/C24H24FN3O5/c1-14-11-15(8-9-17(14)23(30)31)5-3-6-16-12-21(18(24(32)33)13-19(16)25)28-22(29)20(27-2)7-4-10-26/h4,7-13,26H,3,5-6H2,1-2H3,(H,28,29)(H,30,31)(H,32,33)/b7-4-,26-10?,27-20?. The Bertz CT molecular complexity index is 1160. The molecule has 0 aliphatic heterocycles. The summed E-state index contributed by atoms with van der Waals surface area (Å²) in [7, 11) is 1.38. The number of halogens is 1. The van der Waals surface area contributed by atoms with Crippen molar-refractivity contribution in [1.82, 2.24) is 0 Å². The molecule has 0 heterocycles. The van der Waals surface area contributed by atoms with Crippen molar-refractivity contribution in [2.24, 2.45) is 4.99 Å². The first-order valence-corrected chi connectivity index (χ1v) is 10.0. The summed E-state index contributed by atoms with van der Waals surface area (Å²) in [5.41, 5.74) is 1.51. The lowest BCUT2D eigenvalue weighted by molar-refractivity contribution is -0.110. The van der Waals surface area contributed by atoms with Gasteiger partial charge in [-0.25, -0.2) is 14.0 Å². The lowest BCUT2D eigenvalue weighted by atomic mass is 9.98. The molecule has 8 nitrogen and oxygen atoms in total. The molecule has 0 saturated carbocycles. The van der Waals surface area contributed by atoms with Crippen LogP contribution in [0.1, 0.15) is 43.8 Å². The zero-order valence-corrected chi connectivity index (χ0v) is 18.2. The molecule has 0 aliphatic carbocycles. The highest BCUT2D eigenvalue weighted by Crippen LogP contribution is 2.23. The van der Waals surface area contributed by atoms with Gasteiger partial charge in [0.05, 0.1) is 16.8 Å². The highest BCUT2D eigenvalue weighted by molar-refractivity contribution is 6.47. The molecule has 0 aliphatic rings. The van der Waals surface area contributed by atoms with Crippen LogP contribution in [0.3, 0.4) is 0 Å². The monoisotopic (exact) mass is 453 g/mol. The van der Waals surface area contributed by atoms with E-state index in [1.54, 1.807) is 19.1 Å². The molecule has 0 fully saturated rings. The molecule has 0 atom stereocenters. The lowest BCUT2D eigenvalue weighted by Crippen LogP contribution is -2.23. The fourth-order valence-electron chi connectivity index (χ4n) is 3.27. The molecule has 4 N–H and O–H groups in total. The van der Waals surface area contributed by atoms with Gasteiger partial charge in [-0.1, -0.05) is 12.1 Å². The van der Waals surface area contributed by atoms with E-state index in [2.05, 4.69) is 10.3 Å². The van der Waals surface area contributed by atoms with Crippen LogP contribution in [0.15, 0.2) is 47.5 Å². The highest BCUT2D eigenvalue weighted by Gasteiger charge is 2.18. The van der Waals surface area contributed by atoms with Crippen LogP contribution in [-0.4, -0.2) is 47.0 Å². The van der Waals surface area contributed by atoms with Gasteiger partial charge >= 0.3 is 11.9 Å². The normalized spacial score (nSPS) is 11.4. The summed E-state index contributed by atoms with van der Waals surface area (Å²) < 4.78 is 14.5. The first-order valence-electron chi connectivity index (χ1n) is 10.0. The van der Waals surface area contributed by atoms with Gasteiger partial charge in [0.25, 0.3) is 5.91 Å². The van der Waals surface area contributed by atoms with Crippen molar-refractivity contribution in [3.05, 3.63) is 76.1 Å². The molecule has 0 aromatic heterocycles. The van der Waals surface area contributed by atoms with Crippen LogP contribution in [0.25, 0.3) is 0 Å². The summed E-state index contributed by atoms with van der Waals surface area (Å²) in [6, 6.07) is 7.17. The predicted molar refractivity (Wildman–Crippen MR) is 123 cm³/mol. The number of carbonyl (C=O) groups excluding carboxylic acids is 1. The third-order valence-electron chi connectivity index (χ3n) is 4.92. The number of anilines is 1. The average Bonchev–Trinajstić information content (AvgIpc) is 2.75. The van der Waals surface area contributed by atoms with Gasteiger partial charge in [-0.3, -0.25) is 9.79 Å². The van der Waals surface area contributed by atoms with Crippen LogP contribution in [0.5, 0.6) is 0 Å². The van der Waals surface area contributed by atoms with Crippen molar-refractivity contribution in [3.63, 3.8) is 0 Å². The second kappa shape index (κ2) is 11.5. The van der Waals surface area contributed by atoms with Crippen molar-refractivity contribution in [2.75, 3.05) is 12.4 Å². The first-order chi connectivity index (χ1) is 15.7. The summed E-state index contributed by atoms with van der Waals surface area (Å²) in [5.74, 6) is -3.78. The van der Waals surface area contributed by atoms with Gasteiger partial charge in [0.2, 0.25) is 0 Å². The summed E-state index contributed by atoms with van der Waals surface area (Å²) in [4.78, 5) is 38.9. The number of amides is 1. The molecule has 2 rings (SSSR count). The number of aromatic carboxylic acids is 2. The number of benzene rings is 2. The molecular formula is C24H24FN3O5. The Hall–Kier alpha value is -4.14. The van der Waals surface area contributed by atoms with E-state index >= 15 is 0 Å². The van der Waals surface area contributed by atoms with Gasteiger partial charge in [-0.05, 0) is 73.2 Å². The van der Waals surface area contributed by atoms with Crippen LogP contribution >= 0.6 is 0 Å². The number of aliphatic imine (C=N–C) groups is 1. The number of aryl methyl sites for hydroxylation is 3. The molecule has 2 aromatic carbocycles. The minimum atomic E-state index is -1.39. The largest absolute Gasteiger partial charge is 0.478 e. The molecule has 0 saturated heterocycles. The molecule has 0 unspecified atom stereocenters. The fraction of sp³-hybridized carbons (Fsp3) is 0.208. The Morgan fingerprint density at radius 3 is 2.36 bits per heavy atom. The van der Waals surface area contributed by atoms with E-state index in [-0.39, 0.29) is 28.9 Å². The summed E-state index contributed by atoms with van der Waals surface area (Å²) >= 11 is 0. The third-order valence-corrected chi connectivity index (χ3v) is 4.92. The minimum absolute atomic E-state index is 0.0270. The average molecular weight is 453 g/mol. The zero-order valence-electron chi connectivity index (χ0n) is 18.2. The van der Waals surface area contributed by atoms with Gasteiger partial charge in [-0.15, -0.1) is 0 Å². The number of carbonyl (C=O) groups is 3. The Morgan fingerprint density at radius 2 is 1.79 bits per heavy atom. The number of hydrogen-bond donors (Lipinski definition) is 4. The van der Waals surface area contributed by atoms with Crippen LogP contribution in [0.4, 0.5) is 10.1 Å². The van der Waals surface area contributed by atoms with Crippen LogP contribution in [0.2, 0.25) is 0 Å². The Balaban J connectivity index is 2.21. The number of rotatable bonds is 10. The number of carboxylic acid groups (broad SMARTS) is 2. The van der Waals surface area contributed by atoms with Gasteiger partial charge in [0.15, 0.2) is 0 Å². The zero-order chi connectivity index (χ0) is 24.5. The lowest BCUT2D eigenvalue weighted by Gasteiger charge is -2.12. The summed E-state index contributed by atoms with van der Waals surface area (Å²) in [6.07, 6.45) is 4.91. The molecular weight excluding hydrogens is 429 g/mol. The number of hydrogen-bond acceptors (Lipinski definition) is 5. The van der Waals surface area contributed by atoms with Gasteiger partial charge < -0.3 is 20.9 Å². The molecule has 33 heavy (non-hydrogen) atoms. The number of carboxylic acids is 2. The predicted octanol–water partition coefficient (Wildman–Crippen LogP) is 3.92. The van der Waals surface area contributed by atoms with Gasteiger partial charge in [0, 0.05) is 13.3 Å². The van der Waals surface area contributed by atoms with Crippen LogP contribution < -0.4 is 5.32 Å². The highest BCUT2D eigenvalue weighted by atomic mass is 19.1. The van der Waals surface area contributed by atoms with Crippen molar-refractivity contribution < 1.29 is 29.0 Å². The van der Waals surface area contributed by atoms with Crippen molar-refractivity contribution in [1.29, 1.82) is 5.41 Å². The van der Waals surface area contributed by atoms with Crippen molar-refractivity contribution in [3.8, 4) is 0 Å². The first kappa shape index (κ1) is 25.1. The van der Waals surface area contributed by atoms with Crippen molar-refractivity contribution in [2.45, 2.75) is 26.2 Å². The molecule has 0 radical (unpaired) electrons. The maximum Gasteiger partial charge on any atom is 0.337 e. The quantitative estimate of drug-likeness (QED) is 0.404. The fourth-order valence-corrected chi connectivity index (χ4v) is 3.27. The van der Waals surface area contributed by atoms with Gasteiger partial charge in [0.1, 0.15) is 11.5 Å². The second-order valence-corrected chi connectivity index (χ2v) is 7.19. The van der Waals surface area contributed by atoms with E-state index in [9.17, 15) is 23.9 Å². The van der Waals surface area contributed by atoms with Gasteiger partial charge in [-0.2, -0.15) is 0 Å². The van der Waals surface area contributed by atoms with E-state index in [4.69, 9.17) is 10.5 Å². The molecule has 9 heteroatoms. The summed E-state index contributed by atoms with van der Waals surface area (Å²) in [5, 5.41) is 28.0. The number of nitrogens with one attached hydrogen (secondary N) is 2. The maximum atomic E-state index is 14.5. The second-order valence-electron chi connectivity index (χ2n) is 7.19. The number of nitrogens with zero attached hydrogens (tertiary/aromatic N) is 1. The Kier molecular flexibility index (Phi) is 8.73. The molecule has 0 spiro atoms. The molecule has 172 valence electrons. The van der Waals surface area contributed by atoms with E-state index in [1.807, 2.05) is 0 Å². The molecule has 1 amide bonds. The Labute approximate surface area is 190 Å². The van der Waals surface area contributed by atoms with E-state index in [0.29, 0.717) is 18.4 Å². The smallest absolute Gasteiger partial charge is 0.337 e. The number of allylic oxidation sites excluding steroid dienone is 1. The third kappa shape index (κ3) is 6.67. The Morgan fingerprint density at radius 1 is 1.09 bits per heavy atom. The molecule has 0 bridgehead atoms. The summed E-state index contributed by atoms with van der Waals surface area (Å²) in [6.45, 7) is 1.71. The maximum absolute atomic E-state index is 14.5. The topological polar surface area (TPSA) is 140 Å². The van der Waals surface area contributed by atoms with E-state index < -0.39 is 29.2 Å². The van der Waals surface area contributed by atoms with Crippen molar-refractivity contribution >= 4 is 35.5 Å².